The molecule has 1 aliphatic heterocycles. The van der Waals surface area contributed by atoms with Crippen molar-refractivity contribution in [3.63, 3.8) is 0 Å². The minimum absolute atomic E-state index is 0.00178. The molecule has 2 aliphatic rings. The lowest BCUT2D eigenvalue weighted by molar-refractivity contribution is -0.139. The van der Waals surface area contributed by atoms with Gasteiger partial charge in [-0.05, 0) is 59.9 Å². The van der Waals surface area contributed by atoms with Gasteiger partial charge in [0.05, 0.1) is 5.92 Å². The Labute approximate surface area is 151 Å². The minimum Gasteiger partial charge on any atom is -0.481 e. The average molecular weight is 357 g/mol. The van der Waals surface area contributed by atoms with Crippen molar-refractivity contribution in [2.75, 3.05) is 13.1 Å². The Balaban J connectivity index is 1.25. The molecule has 2 aromatic rings. The SMILES string of the molecule is O=C(O)C1CC12CCN(C(=O)CCCc1csc3ccccc13)CC2. The summed E-state index contributed by atoms with van der Waals surface area (Å²) in [6.45, 7) is 1.45. The van der Waals surface area contributed by atoms with Crippen molar-refractivity contribution in [1.29, 1.82) is 0 Å². The average Bonchev–Trinajstić information content (AvgIpc) is 3.17. The van der Waals surface area contributed by atoms with E-state index in [9.17, 15) is 9.59 Å². The van der Waals surface area contributed by atoms with Gasteiger partial charge in [-0.2, -0.15) is 0 Å². The number of fused-ring (bicyclic) bond motifs is 1. The molecule has 0 radical (unpaired) electrons. The number of nitrogens with zero attached hydrogens (tertiary/aromatic N) is 1. The summed E-state index contributed by atoms with van der Waals surface area (Å²) in [5.41, 5.74) is 1.34. The second kappa shape index (κ2) is 6.45. The van der Waals surface area contributed by atoms with Gasteiger partial charge in [-0.25, -0.2) is 0 Å². The van der Waals surface area contributed by atoms with Gasteiger partial charge in [0.15, 0.2) is 0 Å². The van der Waals surface area contributed by atoms with E-state index in [4.69, 9.17) is 5.11 Å². The molecule has 4 nitrogen and oxygen atoms in total. The van der Waals surface area contributed by atoms with Gasteiger partial charge in [0, 0.05) is 24.2 Å². The van der Waals surface area contributed by atoms with Crippen LogP contribution in [0.5, 0.6) is 0 Å². The summed E-state index contributed by atoms with van der Waals surface area (Å²) in [6.07, 6.45) is 4.90. The van der Waals surface area contributed by atoms with E-state index in [-0.39, 0.29) is 17.2 Å². The third kappa shape index (κ3) is 3.17. The Morgan fingerprint density at radius 3 is 2.72 bits per heavy atom. The molecule has 1 aromatic carbocycles. The fourth-order valence-electron chi connectivity index (χ4n) is 4.27. The Hall–Kier alpha value is -1.88. The molecule has 1 aromatic heterocycles. The molecule has 1 N–H and O–H groups in total. The van der Waals surface area contributed by atoms with E-state index < -0.39 is 5.97 Å². The van der Waals surface area contributed by atoms with Crippen molar-refractivity contribution in [3.05, 3.63) is 35.2 Å². The number of carboxylic acids is 1. The maximum Gasteiger partial charge on any atom is 0.307 e. The number of aryl methyl sites for hydroxylation is 1. The zero-order valence-electron chi connectivity index (χ0n) is 14.2. The second-order valence-electron chi connectivity index (χ2n) is 7.45. The fourth-order valence-corrected chi connectivity index (χ4v) is 5.26. The van der Waals surface area contributed by atoms with Crippen molar-refractivity contribution < 1.29 is 14.7 Å². The van der Waals surface area contributed by atoms with E-state index in [0.29, 0.717) is 6.42 Å². The predicted molar refractivity (Wildman–Crippen MR) is 98.8 cm³/mol. The van der Waals surface area contributed by atoms with Crippen LogP contribution in [0.3, 0.4) is 0 Å². The molecule has 1 unspecified atom stereocenters. The number of benzene rings is 1. The molecule has 1 saturated heterocycles. The minimum atomic E-state index is -0.664. The first-order valence-electron chi connectivity index (χ1n) is 9.05. The summed E-state index contributed by atoms with van der Waals surface area (Å²) in [7, 11) is 0. The highest BCUT2D eigenvalue weighted by Crippen LogP contribution is 2.59. The number of carbonyl (C=O) groups is 2. The molecule has 2 fully saturated rings. The van der Waals surface area contributed by atoms with E-state index in [1.54, 1.807) is 11.3 Å². The molecule has 132 valence electrons. The summed E-state index contributed by atoms with van der Waals surface area (Å²) in [5, 5.41) is 12.7. The van der Waals surface area contributed by atoms with Gasteiger partial charge >= 0.3 is 5.97 Å². The molecule has 1 saturated carbocycles. The van der Waals surface area contributed by atoms with Gasteiger partial charge in [0.25, 0.3) is 0 Å². The summed E-state index contributed by atoms with van der Waals surface area (Å²) in [5.74, 6) is -0.610. The van der Waals surface area contributed by atoms with Gasteiger partial charge in [-0.15, -0.1) is 11.3 Å². The number of thiophene rings is 1. The normalized spacial score (nSPS) is 21.6. The largest absolute Gasteiger partial charge is 0.481 e. The van der Waals surface area contributed by atoms with E-state index in [1.807, 2.05) is 4.90 Å². The van der Waals surface area contributed by atoms with Crippen LogP contribution in [0.1, 0.15) is 37.7 Å². The topological polar surface area (TPSA) is 57.6 Å². The van der Waals surface area contributed by atoms with Gasteiger partial charge in [-0.1, -0.05) is 18.2 Å². The van der Waals surface area contributed by atoms with Crippen LogP contribution in [0.15, 0.2) is 29.6 Å². The van der Waals surface area contributed by atoms with Crippen LogP contribution in [-0.2, 0) is 16.0 Å². The standard InChI is InChI=1S/C20H23NO3S/c22-18(21-10-8-20(9-11-21)12-16(20)19(23)24)7-3-4-14-13-25-17-6-2-1-5-15(14)17/h1-2,5-6,13,16H,3-4,7-12H2,(H,23,24). The van der Waals surface area contributed by atoms with Gasteiger partial charge < -0.3 is 10.0 Å². The molecular formula is C20H23NO3S. The fraction of sp³-hybridized carbons (Fsp3) is 0.500. The highest BCUT2D eigenvalue weighted by Gasteiger charge is 2.59. The molecule has 4 rings (SSSR count). The zero-order chi connectivity index (χ0) is 17.4. The summed E-state index contributed by atoms with van der Waals surface area (Å²) >= 11 is 1.77. The first kappa shape index (κ1) is 16.6. The second-order valence-corrected chi connectivity index (χ2v) is 8.36. The van der Waals surface area contributed by atoms with Gasteiger partial charge in [0.1, 0.15) is 0 Å². The van der Waals surface area contributed by atoms with Crippen molar-refractivity contribution in [2.45, 2.75) is 38.5 Å². The number of hydrogen-bond acceptors (Lipinski definition) is 3. The number of amides is 1. The lowest BCUT2D eigenvalue weighted by atomic mass is 9.90. The molecule has 1 atom stereocenters. The van der Waals surface area contributed by atoms with Crippen molar-refractivity contribution in [1.82, 2.24) is 4.90 Å². The molecule has 2 heterocycles. The number of hydrogen-bond donors (Lipinski definition) is 1. The highest BCUT2D eigenvalue weighted by molar-refractivity contribution is 7.17. The third-order valence-corrected chi connectivity index (χ3v) is 7.01. The van der Waals surface area contributed by atoms with Gasteiger partial charge in [0.2, 0.25) is 5.91 Å². The van der Waals surface area contributed by atoms with Crippen LogP contribution in [0.25, 0.3) is 10.1 Å². The Bertz CT molecular complexity index is 804. The van der Waals surface area contributed by atoms with Crippen molar-refractivity contribution in [2.24, 2.45) is 11.3 Å². The first-order valence-corrected chi connectivity index (χ1v) is 9.93. The zero-order valence-corrected chi connectivity index (χ0v) is 15.1. The van der Waals surface area contributed by atoms with Crippen LogP contribution in [0, 0.1) is 11.3 Å². The van der Waals surface area contributed by atoms with E-state index in [2.05, 4.69) is 29.6 Å². The van der Waals surface area contributed by atoms with E-state index >= 15 is 0 Å². The number of aliphatic carboxylic acids is 1. The molecule has 5 heteroatoms. The summed E-state index contributed by atoms with van der Waals surface area (Å²) in [4.78, 5) is 25.5. The molecule has 25 heavy (non-hydrogen) atoms. The molecule has 1 spiro atoms. The van der Waals surface area contributed by atoms with Crippen LogP contribution >= 0.6 is 11.3 Å². The Morgan fingerprint density at radius 1 is 1.24 bits per heavy atom. The van der Waals surface area contributed by atoms with Crippen LogP contribution in [0.4, 0.5) is 0 Å². The number of carbonyl (C=O) groups excluding carboxylic acids is 1. The first-order chi connectivity index (χ1) is 12.1. The number of rotatable bonds is 5. The monoisotopic (exact) mass is 357 g/mol. The molecule has 0 bridgehead atoms. The maximum absolute atomic E-state index is 12.4. The Morgan fingerprint density at radius 2 is 2.00 bits per heavy atom. The molecule has 1 amide bonds. The Kier molecular flexibility index (Phi) is 4.28. The van der Waals surface area contributed by atoms with E-state index in [1.165, 1.54) is 15.6 Å². The maximum atomic E-state index is 12.4. The summed E-state index contributed by atoms with van der Waals surface area (Å²) < 4.78 is 1.31. The number of carboxylic acid groups (broad SMARTS) is 1. The predicted octanol–water partition coefficient (Wildman–Crippen LogP) is 3.94. The third-order valence-electron chi connectivity index (χ3n) is 6.00. The van der Waals surface area contributed by atoms with Crippen LogP contribution in [0.2, 0.25) is 0 Å². The van der Waals surface area contributed by atoms with Crippen LogP contribution < -0.4 is 0 Å². The lowest BCUT2D eigenvalue weighted by Gasteiger charge is -2.32. The quantitative estimate of drug-likeness (QED) is 0.882. The molecule has 1 aliphatic carbocycles. The number of piperidine rings is 1. The smallest absolute Gasteiger partial charge is 0.307 e. The van der Waals surface area contributed by atoms with Crippen molar-refractivity contribution in [3.8, 4) is 0 Å². The molecular weight excluding hydrogens is 334 g/mol. The summed E-state index contributed by atoms with van der Waals surface area (Å²) in [6, 6.07) is 8.42. The van der Waals surface area contributed by atoms with Crippen LogP contribution in [-0.4, -0.2) is 35.0 Å². The van der Waals surface area contributed by atoms with E-state index in [0.717, 1.165) is 45.2 Å². The highest BCUT2D eigenvalue weighted by atomic mass is 32.1. The van der Waals surface area contributed by atoms with Gasteiger partial charge in [-0.3, -0.25) is 9.59 Å². The number of likely N-dealkylation sites (tertiary alicyclic amines) is 1. The lowest BCUT2D eigenvalue weighted by Crippen LogP contribution is -2.39. The van der Waals surface area contributed by atoms with Crippen molar-refractivity contribution >= 4 is 33.3 Å².